The molecule has 3 nitrogen and oxygen atoms in total. The first-order valence-electron chi connectivity index (χ1n) is 3.63. The highest BCUT2D eigenvalue weighted by Gasteiger charge is 2.08. The lowest BCUT2D eigenvalue weighted by Gasteiger charge is -2.02. The zero-order valence-electron chi connectivity index (χ0n) is 7.12. The van der Waals surface area contributed by atoms with E-state index in [9.17, 15) is 8.42 Å². The number of alkyl halides is 1. The van der Waals surface area contributed by atoms with Crippen LogP contribution in [0.2, 0.25) is 0 Å². The maximum absolute atomic E-state index is 11.0. The van der Waals surface area contributed by atoms with Gasteiger partial charge in [-0.3, -0.25) is 0 Å². The monoisotopic (exact) mass is 263 g/mol. The molecule has 72 valence electrons. The van der Waals surface area contributed by atoms with Crippen molar-refractivity contribution in [2.45, 2.75) is 17.1 Å². The summed E-state index contributed by atoms with van der Waals surface area (Å²) in [6.45, 7) is 1.83. The maximum Gasteiger partial charge on any atom is 0.238 e. The molecular weight excluding hydrogens is 254 g/mol. The van der Waals surface area contributed by atoms with Crippen LogP contribution in [-0.2, 0) is 15.4 Å². The van der Waals surface area contributed by atoms with E-state index in [-0.39, 0.29) is 4.90 Å². The quantitative estimate of drug-likeness (QED) is 0.823. The van der Waals surface area contributed by atoms with Gasteiger partial charge in [0, 0.05) is 5.33 Å². The van der Waals surface area contributed by atoms with Crippen LogP contribution in [0, 0.1) is 6.92 Å². The number of nitrogens with two attached hydrogens (primary N) is 1. The molecule has 5 heteroatoms. The van der Waals surface area contributed by atoms with Crippen molar-refractivity contribution in [3.8, 4) is 0 Å². The standard InChI is InChI=1S/C8H10BrNO2S/c1-6-2-7(5-9)4-8(3-6)13(10,11)12/h2-4H,5H2,1H3,(H2,10,11,12). The molecule has 0 bridgehead atoms. The molecule has 0 amide bonds. The number of aryl methyl sites for hydroxylation is 1. The van der Waals surface area contributed by atoms with Crippen LogP contribution in [0.5, 0.6) is 0 Å². The summed E-state index contributed by atoms with van der Waals surface area (Å²) in [5, 5.41) is 5.63. The molecule has 1 aromatic carbocycles. The second-order valence-corrected chi connectivity index (χ2v) is 4.96. The second-order valence-electron chi connectivity index (χ2n) is 2.83. The summed E-state index contributed by atoms with van der Waals surface area (Å²) < 4.78 is 22.0. The zero-order chi connectivity index (χ0) is 10.1. The smallest absolute Gasteiger partial charge is 0.225 e. The predicted octanol–water partition coefficient (Wildman–Crippen LogP) is 1.54. The first kappa shape index (κ1) is 10.7. The van der Waals surface area contributed by atoms with E-state index in [1.165, 1.54) is 0 Å². The highest BCUT2D eigenvalue weighted by atomic mass is 79.9. The fraction of sp³-hybridized carbons (Fsp3) is 0.250. The summed E-state index contributed by atoms with van der Waals surface area (Å²) >= 11 is 3.26. The van der Waals surface area contributed by atoms with Gasteiger partial charge >= 0.3 is 0 Å². The zero-order valence-corrected chi connectivity index (χ0v) is 9.52. The van der Waals surface area contributed by atoms with Crippen LogP contribution >= 0.6 is 15.9 Å². The number of benzene rings is 1. The number of primary sulfonamides is 1. The average molecular weight is 264 g/mol. The third-order valence-electron chi connectivity index (χ3n) is 1.59. The second kappa shape index (κ2) is 3.77. The van der Waals surface area contributed by atoms with E-state index in [0.717, 1.165) is 11.1 Å². The minimum atomic E-state index is -3.58. The first-order valence-corrected chi connectivity index (χ1v) is 6.29. The fourth-order valence-corrected chi connectivity index (χ4v) is 2.06. The van der Waals surface area contributed by atoms with E-state index in [1.807, 2.05) is 13.0 Å². The van der Waals surface area contributed by atoms with Crippen molar-refractivity contribution < 1.29 is 8.42 Å². The van der Waals surface area contributed by atoms with Gasteiger partial charge in [-0.25, -0.2) is 13.6 Å². The third-order valence-corrected chi connectivity index (χ3v) is 3.13. The van der Waals surface area contributed by atoms with Gasteiger partial charge in [-0.1, -0.05) is 22.0 Å². The Morgan fingerprint density at radius 2 is 2.00 bits per heavy atom. The van der Waals surface area contributed by atoms with Crippen molar-refractivity contribution in [1.82, 2.24) is 0 Å². The number of hydrogen-bond donors (Lipinski definition) is 1. The lowest BCUT2D eigenvalue weighted by atomic mass is 10.2. The van der Waals surface area contributed by atoms with Crippen LogP contribution < -0.4 is 5.14 Å². The number of hydrogen-bond acceptors (Lipinski definition) is 2. The van der Waals surface area contributed by atoms with Crippen molar-refractivity contribution in [3.63, 3.8) is 0 Å². The predicted molar refractivity (Wildman–Crippen MR) is 55.2 cm³/mol. The molecule has 0 aromatic heterocycles. The van der Waals surface area contributed by atoms with Gasteiger partial charge in [0.2, 0.25) is 10.0 Å². The summed E-state index contributed by atoms with van der Waals surface area (Å²) in [6.07, 6.45) is 0. The third kappa shape index (κ3) is 2.79. The van der Waals surface area contributed by atoms with Crippen molar-refractivity contribution in [2.24, 2.45) is 5.14 Å². The molecular formula is C8H10BrNO2S. The molecule has 0 aliphatic heterocycles. The van der Waals surface area contributed by atoms with Gasteiger partial charge in [-0.2, -0.15) is 0 Å². The molecule has 2 N–H and O–H groups in total. The minimum Gasteiger partial charge on any atom is -0.225 e. The van der Waals surface area contributed by atoms with Crippen molar-refractivity contribution in [3.05, 3.63) is 29.3 Å². The molecule has 0 spiro atoms. The van der Waals surface area contributed by atoms with Gasteiger partial charge in [0.05, 0.1) is 4.90 Å². The summed E-state index contributed by atoms with van der Waals surface area (Å²) in [4.78, 5) is 0.168. The lowest BCUT2D eigenvalue weighted by Crippen LogP contribution is -2.12. The van der Waals surface area contributed by atoms with Gasteiger partial charge in [0.15, 0.2) is 0 Å². The highest BCUT2D eigenvalue weighted by molar-refractivity contribution is 9.08. The van der Waals surface area contributed by atoms with E-state index in [1.54, 1.807) is 12.1 Å². The molecule has 13 heavy (non-hydrogen) atoms. The topological polar surface area (TPSA) is 60.2 Å². The summed E-state index contributed by atoms with van der Waals surface area (Å²) in [7, 11) is -3.58. The molecule has 0 atom stereocenters. The molecule has 1 rings (SSSR count). The Morgan fingerprint density at radius 1 is 1.38 bits per heavy atom. The SMILES string of the molecule is Cc1cc(CBr)cc(S(N)(=O)=O)c1. The number of sulfonamides is 1. The van der Waals surface area contributed by atoms with Gasteiger partial charge < -0.3 is 0 Å². The Morgan fingerprint density at radius 3 is 2.46 bits per heavy atom. The Balaban J connectivity index is 3.33. The molecule has 0 aliphatic carbocycles. The van der Waals surface area contributed by atoms with Crippen molar-refractivity contribution in [1.29, 1.82) is 0 Å². The molecule has 0 fully saturated rings. The van der Waals surface area contributed by atoms with E-state index >= 15 is 0 Å². The molecule has 0 unspecified atom stereocenters. The summed E-state index contributed by atoms with van der Waals surface area (Å²) in [5.74, 6) is 0. The number of halogens is 1. The Bertz CT molecular complexity index is 414. The van der Waals surface area contributed by atoms with Crippen LogP contribution in [0.3, 0.4) is 0 Å². The Kier molecular flexibility index (Phi) is 3.10. The normalized spacial score (nSPS) is 11.6. The van der Waals surface area contributed by atoms with Gasteiger partial charge in [-0.05, 0) is 30.2 Å². The van der Waals surface area contributed by atoms with Crippen LogP contribution in [0.1, 0.15) is 11.1 Å². The largest absolute Gasteiger partial charge is 0.238 e. The molecule has 0 saturated carbocycles. The summed E-state index contributed by atoms with van der Waals surface area (Å²) in [6, 6.07) is 5.03. The van der Waals surface area contributed by atoms with Gasteiger partial charge in [0.25, 0.3) is 0 Å². The maximum atomic E-state index is 11.0. The molecule has 0 heterocycles. The Labute approximate surface area is 86.1 Å². The number of rotatable bonds is 2. The van der Waals surface area contributed by atoms with Crippen LogP contribution in [0.4, 0.5) is 0 Å². The lowest BCUT2D eigenvalue weighted by molar-refractivity contribution is 0.597. The van der Waals surface area contributed by atoms with E-state index in [4.69, 9.17) is 5.14 Å². The first-order chi connectivity index (χ1) is 5.93. The van der Waals surface area contributed by atoms with E-state index in [0.29, 0.717) is 5.33 Å². The Hall–Kier alpha value is -0.390. The molecule has 1 aromatic rings. The minimum absolute atomic E-state index is 0.168. The van der Waals surface area contributed by atoms with Crippen LogP contribution in [0.15, 0.2) is 23.1 Å². The molecule has 0 radical (unpaired) electrons. The molecule has 0 aliphatic rings. The van der Waals surface area contributed by atoms with Gasteiger partial charge in [-0.15, -0.1) is 0 Å². The fourth-order valence-electron chi connectivity index (χ4n) is 1.07. The van der Waals surface area contributed by atoms with Crippen LogP contribution in [0.25, 0.3) is 0 Å². The van der Waals surface area contributed by atoms with E-state index in [2.05, 4.69) is 15.9 Å². The van der Waals surface area contributed by atoms with E-state index < -0.39 is 10.0 Å². The molecule has 0 saturated heterocycles. The van der Waals surface area contributed by atoms with Crippen molar-refractivity contribution in [2.75, 3.05) is 0 Å². The van der Waals surface area contributed by atoms with Crippen molar-refractivity contribution >= 4 is 26.0 Å². The van der Waals surface area contributed by atoms with Crippen LogP contribution in [-0.4, -0.2) is 8.42 Å². The van der Waals surface area contributed by atoms with Gasteiger partial charge in [0.1, 0.15) is 0 Å². The average Bonchev–Trinajstić information content (AvgIpc) is 2.01. The summed E-state index contributed by atoms with van der Waals surface area (Å²) in [5.41, 5.74) is 1.80. The highest BCUT2D eigenvalue weighted by Crippen LogP contribution is 2.15.